The molecule has 0 aliphatic heterocycles. The van der Waals surface area contributed by atoms with Crippen LogP contribution in [0.1, 0.15) is 15.9 Å². The highest BCUT2D eigenvalue weighted by molar-refractivity contribution is 5.97. The number of phenols is 1. The maximum atomic E-state index is 11.4. The molecular formula is C11H11NO2. The molecule has 0 bridgehead atoms. The third-order valence-corrected chi connectivity index (χ3v) is 1.75. The molecule has 0 atom stereocenters. The zero-order valence-corrected chi connectivity index (χ0v) is 7.87. The number of hydrogen-bond acceptors (Lipinski definition) is 2. The van der Waals surface area contributed by atoms with E-state index in [9.17, 15) is 9.90 Å². The van der Waals surface area contributed by atoms with Gasteiger partial charge in [-0.3, -0.25) is 4.79 Å². The van der Waals surface area contributed by atoms with Crippen LogP contribution in [0.15, 0.2) is 18.2 Å². The van der Waals surface area contributed by atoms with Gasteiger partial charge in [0.15, 0.2) is 0 Å². The van der Waals surface area contributed by atoms with Crippen molar-refractivity contribution < 1.29 is 9.90 Å². The summed E-state index contributed by atoms with van der Waals surface area (Å²) in [5.41, 5.74) is 1.16. The van der Waals surface area contributed by atoms with E-state index in [4.69, 9.17) is 6.42 Å². The van der Waals surface area contributed by atoms with E-state index in [1.807, 2.05) is 6.92 Å². The van der Waals surface area contributed by atoms with Crippen molar-refractivity contribution >= 4 is 5.91 Å². The van der Waals surface area contributed by atoms with E-state index in [1.54, 1.807) is 12.1 Å². The number of aryl methyl sites for hydroxylation is 1. The number of amides is 1. The van der Waals surface area contributed by atoms with Crippen molar-refractivity contribution in [3.63, 3.8) is 0 Å². The van der Waals surface area contributed by atoms with Crippen LogP contribution in [0.3, 0.4) is 0 Å². The number of aromatic hydroxyl groups is 1. The summed E-state index contributed by atoms with van der Waals surface area (Å²) < 4.78 is 0. The highest BCUT2D eigenvalue weighted by Gasteiger charge is 2.09. The van der Waals surface area contributed by atoms with Crippen LogP contribution in [0.25, 0.3) is 0 Å². The lowest BCUT2D eigenvalue weighted by Crippen LogP contribution is -2.23. The minimum absolute atomic E-state index is 0.0369. The second-order valence-corrected chi connectivity index (χ2v) is 2.91. The molecule has 3 heteroatoms. The number of terminal acetylenes is 1. The Labute approximate surface area is 82.8 Å². The SMILES string of the molecule is C#CCNC(=O)c1cc(C)ccc1O. The maximum Gasteiger partial charge on any atom is 0.255 e. The smallest absolute Gasteiger partial charge is 0.255 e. The Balaban J connectivity index is 2.90. The highest BCUT2D eigenvalue weighted by atomic mass is 16.3. The van der Waals surface area contributed by atoms with Gasteiger partial charge in [-0.15, -0.1) is 6.42 Å². The summed E-state index contributed by atoms with van der Waals surface area (Å²) in [6.45, 7) is 2.00. The Morgan fingerprint density at radius 3 is 3.00 bits per heavy atom. The summed E-state index contributed by atoms with van der Waals surface area (Å²) >= 11 is 0. The van der Waals surface area contributed by atoms with Crippen molar-refractivity contribution in [2.45, 2.75) is 6.92 Å². The number of nitrogens with one attached hydrogen (secondary N) is 1. The normalized spacial score (nSPS) is 9.14. The molecule has 1 aromatic rings. The highest BCUT2D eigenvalue weighted by Crippen LogP contribution is 2.17. The molecule has 0 aromatic heterocycles. The van der Waals surface area contributed by atoms with Crippen molar-refractivity contribution in [2.75, 3.05) is 6.54 Å². The first-order valence-corrected chi connectivity index (χ1v) is 4.16. The third-order valence-electron chi connectivity index (χ3n) is 1.75. The topological polar surface area (TPSA) is 49.3 Å². The molecule has 0 aliphatic carbocycles. The van der Waals surface area contributed by atoms with Gasteiger partial charge in [-0.05, 0) is 19.1 Å². The summed E-state index contributed by atoms with van der Waals surface area (Å²) in [4.78, 5) is 11.4. The molecule has 0 saturated heterocycles. The van der Waals surface area contributed by atoms with Crippen LogP contribution in [0, 0.1) is 19.3 Å². The quantitative estimate of drug-likeness (QED) is 0.683. The lowest BCUT2D eigenvalue weighted by molar-refractivity contribution is 0.0956. The first kappa shape index (κ1) is 10.1. The van der Waals surface area contributed by atoms with Gasteiger partial charge in [0.2, 0.25) is 0 Å². The van der Waals surface area contributed by atoms with Crippen LogP contribution >= 0.6 is 0 Å². The summed E-state index contributed by atoms with van der Waals surface area (Å²) in [5, 5.41) is 11.9. The minimum atomic E-state index is -0.357. The fourth-order valence-electron chi connectivity index (χ4n) is 1.06. The number of carbonyl (C=O) groups excluding carboxylic acids is 1. The Morgan fingerprint density at radius 1 is 1.64 bits per heavy atom. The van der Waals surface area contributed by atoms with Gasteiger partial charge in [-0.25, -0.2) is 0 Å². The Bertz CT molecular complexity index is 391. The summed E-state index contributed by atoms with van der Waals surface area (Å²) in [5.74, 6) is 1.89. The van der Waals surface area contributed by atoms with Crippen LogP contribution in [-0.4, -0.2) is 17.6 Å². The van der Waals surface area contributed by atoms with Gasteiger partial charge in [-0.1, -0.05) is 17.6 Å². The van der Waals surface area contributed by atoms with Gasteiger partial charge in [0.1, 0.15) is 5.75 Å². The van der Waals surface area contributed by atoms with E-state index in [1.165, 1.54) is 6.07 Å². The van der Waals surface area contributed by atoms with E-state index < -0.39 is 0 Å². The second kappa shape index (κ2) is 4.33. The molecule has 0 unspecified atom stereocenters. The first-order chi connectivity index (χ1) is 6.65. The van der Waals surface area contributed by atoms with Gasteiger partial charge in [0.25, 0.3) is 5.91 Å². The lowest BCUT2D eigenvalue weighted by atomic mass is 10.1. The lowest BCUT2D eigenvalue weighted by Gasteiger charge is -2.04. The largest absolute Gasteiger partial charge is 0.507 e. The molecular weight excluding hydrogens is 178 g/mol. The number of hydrogen-bond donors (Lipinski definition) is 2. The van der Waals surface area contributed by atoms with Crippen molar-refractivity contribution in [2.24, 2.45) is 0 Å². The average molecular weight is 189 g/mol. The maximum absolute atomic E-state index is 11.4. The summed E-state index contributed by atoms with van der Waals surface area (Å²) in [7, 11) is 0. The molecule has 2 N–H and O–H groups in total. The van der Waals surface area contributed by atoms with Crippen LogP contribution in [-0.2, 0) is 0 Å². The Hall–Kier alpha value is -1.95. The number of benzene rings is 1. The molecule has 14 heavy (non-hydrogen) atoms. The predicted molar refractivity (Wildman–Crippen MR) is 54.0 cm³/mol. The number of carbonyl (C=O) groups is 1. The van der Waals surface area contributed by atoms with E-state index in [-0.39, 0.29) is 23.8 Å². The molecule has 72 valence electrons. The van der Waals surface area contributed by atoms with Crippen LogP contribution in [0.5, 0.6) is 5.75 Å². The van der Waals surface area contributed by atoms with E-state index in [0.717, 1.165) is 5.56 Å². The molecule has 1 amide bonds. The van der Waals surface area contributed by atoms with Crippen LogP contribution < -0.4 is 5.32 Å². The molecule has 0 heterocycles. The molecule has 0 spiro atoms. The second-order valence-electron chi connectivity index (χ2n) is 2.91. The van der Waals surface area contributed by atoms with E-state index in [2.05, 4.69) is 11.2 Å². The summed E-state index contributed by atoms with van der Waals surface area (Å²) in [6, 6.07) is 4.83. The fraction of sp³-hybridized carbons (Fsp3) is 0.182. The van der Waals surface area contributed by atoms with Crippen molar-refractivity contribution in [3.05, 3.63) is 29.3 Å². The fourth-order valence-corrected chi connectivity index (χ4v) is 1.06. The number of rotatable bonds is 2. The zero-order chi connectivity index (χ0) is 10.6. The van der Waals surface area contributed by atoms with E-state index in [0.29, 0.717) is 0 Å². The molecule has 3 nitrogen and oxygen atoms in total. The van der Waals surface area contributed by atoms with Crippen LogP contribution in [0.2, 0.25) is 0 Å². The third kappa shape index (κ3) is 2.27. The molecule has 0 radical (unpaired) electrons. The van der Waals surface area contributed by atoms with Gasteiger partial charge in [0.05, 0.1) is 12.1 Å². The molecule has 0 fully saturated rings. The number of phenolic OH excluding ortho intramolecular Hbond substituents is 1. The Morgan fingerprint density at radius 2 is 2.36 bits per heavy atom. The molecule has 0 saturated carbocycles. The predicted octanol–water partition coefficient (Wildman–Crippen LogP) is 1.06. The summed E-state index contributed by atoms with van der Waals surface area (Å²) in [6.07, 6.45) is 5.00. The average Bonchev–Trinajstić information content (AvgIpc) is 2.18. The minimum Gasteiger partial charge on any atom is -0.507 e. The first-order valence-electron chi connectivity index (χ1n) is 4.16. The monoisotopic (exact) mass is 189 g/mol. The van der Waals surface area contributed by atoms with Crippen molar-refractivity contribution in [3.8, 4) is 18.1 Å². The Kier molecular flexibility index (Phi) is 3.14. The zero-order valence-electron chi connectivity index (χ0n) is 7.87. The molecule has 1 aromatic carbocycles. The van der Waals surface area contributed by atoms with Crippen LogP contribution in [0.4, 0.5) is 0 Å². The standard InChI is InChI=1S/C11H11NO2/c1-3-6-12-11(14)9-7-8(2)4-5-10(9)13/h1,4-5,7,13H,6H2,2H3,(H,12,14). The van der Waals surface area contributed by atoms with Gasteiger partial charge in [-0.2, -0.15) is 0 Å². The molecule has 1 rings (SSSR count). The molecule has 0 aliphatic rings. The van der Waals surface area contributed by atoms with Crippen molar-refractivity contribution in [1.82, 2.24) is 5.32 Å². The van der Waals surface area contributed by atoms with Gasteiger partial charge < -0.3 is 10.4 Å². The van der Waals surface area contributed by atoms with E-state index >= 15 is 0 Å². The van der Waals surface area contributed by atoms with Gasteiger partial charge in [0, 0.05) is 0 Å². The van der Waals surface area contributed by atoms with Crippen molar-refractivity contribution in [1.29, 1.82) is 0 Å². The van der Waals surface area contributed by atoms with Gasteiger partial charge >= 0.3 is 0 Å².